The number of amides is 2. The Morgan fingerprint density at radius 2 is 1.76 bits per heavy atom. The molecule has 2 amide bonds. The number of hydrogen-bond acceptors (Lipinski definition) is 4. The molecule has 1 fully saturated rings. The Labute approximate surface area is 121 Å². The molecule has 0 aromatic heterocycles. The topological polar surface area (TPSA) is 122 Å². The summed E-state index contributed by atoms with van der Waals surface area (Å²) in [6, 6.07) is 6.71. The highest BCUT2D eigenvalue weighted by atomic mass is 16.4. The van der Waals surface area contributed by atoms with Crippen LogP contribution in [-0.4, -0.2) is 36.0 Å². The van der Waals surface area contributed by atoms with E-state index in [0.29, 0.717) is 18.5 Å². The smallest absolute Gasteiger partial charge is 0.314 e. The molecule has 5 N–H and O–H groups in total. The molecule has 1 saturated carbocycles. The van der Waals surface area contributed by atoms with Crippen molar-refractivity contribution < 1.29 is 19.5 Å². The fraction of sp³-hybridized carbons (Fsp3) is 0.357. The third kappa shape index (κ3) is 3.38. The first kappa shape index (κ1) is 15.0. The number of hydrogen-bond donors (Lipinski definition) is 4. The van der Waals surface area contributed by atoms with Crippen LogP contribution in [0.1, 0.15) is 18.4 Å². The lowest BCUT2D eigenvalue weighted by atomic mass is 9.96. The van der Waals surface area contributed by atoms with Gasteiger partial charge in [0.25, 0.3) is 0 Å². The van der Waals surface area contributed by atoms with Crippen molar-refractivity contribution >= 4 is 23.5 Å². The summed E-state index contributed by atoms with van der Waals surface area (Å²) in [6.07, 6.45) is 1.28. The van der Waals surface area contributed by atoms with Gasteiger partial charge >= 0.3 is 5.97 Å². The Morgan fingerprint density at radius 1 is 1.14 bits per heavy atom. The van der Waals surface area contributed by atoms with E-state index in [9.17, 15) is 19.5 Å². The second-order valence-corrected chi connectivity index (χ2v) is 4.99. The van der Waals surface area contributed by atoms with E-state index in [4.69, 9.17) is 5.73 Å². The largest absolute Gasteiger partial charge is 0.481 e. The van der Waals surface area contributed by atoms with Crippen molar-refractivity contribution in [2.24, 2.45) is 5.73 Å². The zero-order valence-electron chi connectivity index (χ0n) is 11.4. The zero-order chi connectivity index (χ0) is 15.5. The third-order valence-corrected chi connectivity index (χ3v) is 3.51. The first-order valence-electron chi connectivity index (χ1n) is 6.58. The Balaban J connectivity index is 1.92. The maximum Gasteiger partial charge on any atom is 0.314 e. The first-order chi connectivity index (χ1) is 9.98. The van der Waals surface area contributed by atoms with Gasteiger partial charge in [-0.05, 0) is 30.5 Å². The van der Waals surface area contributed by atoms with Gasteiger partial charge in [0.1, 0.15) is 0 Å². The number of nitrogens with one attached hydrogen (secondary N) is 2. The second-order valence-electron chi connectivity index (χ2n) is 4.99. The second kappa shape index (κ2) is 5.92. The van der Waals surface area contributed by atoms with Gasteiger partial charge in [0.05, 0.1) is 18.5 Å². The molecule has 21 heavy (non-hydrogen) atoms. The number of carbonyl (C=O) groups is 3. The van der Waals surface area contributed by atoms with Crippen molar-refractivity contribution in [3.8, 4) is 0 Å². The van der Waals surface area contributed by atoms with Crippen LogP contribution in [0.5, 0.6) is 0 Å². The van der Waals surface area contributed by atoms with E-state index in [1.54, 1.807) is 24.3 Å². The quantitative estimate of drug-likeness (QED) is 0.579. The normalized spacial score (nSPS) is 15.1. The van der Waals surface area contributed by atoms with Crippen LogP contribution in [0.4, 0.5) is 5.69 Å². The molecular weight excluding hydrogens is 274 g/mol. The number of aliphatic carboxylic acids is 1. The van der Waals surface area contributed by atoms with Gasteiger partial charge in [-0.15, -0.1) is 0 Å². The van der Waals surface area contributed by atoms with E-state index in [-0.39, 0.29) is 19.0 Å². The van der Waals surface area contributed by atoms with Crippen LogP contribution in [-0.2, 0) is 19.8 Å². The number of anilines is 1. The van der Waals surface area contributed by atoms with Crippen LogP contribution in [0, 0.1) is 0 Å². The summed E-state index contributed by atoms with van der Waals surface area (Å²) in [5, 5.41) is 14.2. The van der Waals surface area contributed by atoms with Crippen LogP contribution in [0.15, 0.2) is 24.3 Å². The van der Waals surface area contributed by atoms with E-state index in [1.807, 2.05) is 0 Å². The van der Waals surface area contributed by atoms with Gasteiger partial charge in [-0.2, -0.15) is 0 Å². The molecule has 112 valence electrons. The highest BCUT2D eigenvalue weighted by molar-refractivity contribution is 5.94. The molecule has 2 rings (SSSR count). The summed E-state index contributed by atoms with van der Waals surface area (Å²) in [5.74, 6) is -1.59. The minimum absolute atomic E-state index is 0.156. The molecule has 0 spiro atoms. The van der Waals surface area contributed by atoms with Gasteiger partial charge in [0.2, 0.25) is 11.8 Å². The van der Waals surface area contributed by atoms with Gasteiger partial charge in [-0.1, -0.05) is 12.1 Å². The summed E-state index contributed by atoms with van der Waals surface area (Å²) >= 11 is 0. The lowest BCUT2D eigenvalue weighted by molar-refractivity contribution is -0.140. The van der Waals surface area contributed by atoms with E-state index in [2.05, 4.69) is 10.6 Å². The maximum atomic E-state index is 11.6. The van der Waals surface area contributed by atoms with Crippen molar-refractivity contribution in [1.29, 1.82) is 0 Å². The SMILES string of the molecule is NCC(=O)NCC(=O)Nc1ccc(C2(C(=O)O)CC2)cc1. The molecule has 0 saturated heterocycles. The van der Waals surface area contributed by atoms with Crippen LogP contribution < -0.4 is 16.4 Å². The minimum atomic E-state index is -0.816. The first-order valence-corrected chi connectivity index (χ1v) is 6.58. The lowest BCUT2D eigenvalue weighted by Gasteiger charge is -2.11. The standard InChI is InChI=1S/C14H17N3O4/c15-7-11(18)16-8-12(19)17-10-3-1-9(2-4-10)14(5-6-14)13(20)21/h1-4H,5-8,15H2,(H,16,18)(H,17,19)(H,20,21). The number of carboxylic acid groups (broad SMARTS) is 1. The molecule has 0 radical (unpaired) electrons. The highest BCUT2D eigenvalue weighted by Crippen LogP contribution is 2.48. The third-order valence-electron chi connectivity index (χ3n) is 3.51. The Kier molecular flexibility index (Phi) is 4.23. The molecule has 1 aliphatic carbocycles. The molecule has 0 unspecified atom stereocenters. The zero-order valence-corrected chi connectivity index (χ0v) is 11.4. The number of benzene rings is 1. The number of carboxylic acids is 1. The summed E-state index contributed by atoms with van der Waals surface area (Å²) in [7, 11) is 0. The predicted molar refractivity (Wildman–Crippen MR) is 75.7 cm³/mol. The Hall–Kier alpha value is -2.41. The number of rotatable bonds is 6. The molecule has 0 atom stereocenters. The maximum absolute atomic E-state index is 11.6. The molecule has 0 bridgehead atoms. The minimum Gasteiger partial charge on any atom is -0.481 e. The van der Waals surface area contributed by atoms with E-state index >= 15 is 0 Å². The molecule has 7 heteroatoms. The Bertz CT molecular complexity index is 564. The average molecular weight is 291 g/mol. The molecule has 1 aromatic carbocycles. The van der Waals surface area contributed by atoms with E-state index < -0.39 is 17.3 Å². The van der Waals surface area contributed by atoms with Crippen molar-refractivity contribution in [3.63, 3.8) is 0 Å². The predicted octanol–water partition coefficient (Wildman–Crippen LogP) is -0.184. The van der Waals surface area contributed by atoms with Crippen molar-refractivity contribution in [2.75, 3.05) is 18.4 Å². The molecule has 0 heterocycles. The summed E-state index contributed by atoms with van der Waals surface area (Å²) in [5.41, 5.74) is 5.64. The molecule has 7 nitrogen and oxygen atoms in total. The van der Waals surface area contributed by atoms with Gasteiger partial charge < -0.3 is 21.5 Å². The van der Waals surface area contributed by atoms with Gasteiger partial charge in [-0.25, -0.2) is 0 Å². The van der Waals surface area contributed by atoms with Gasteiger partial charge in [0, 0.05) is 5.69 Å². The Morgan fingerprint density at radius 3 is 2.24 bits per heavy atom. The fourth-order valence-electron chi connectivity index (χ4n) is 2.08. The van der Waals surface area contributed by atoms with Crippen LogP contribution >= 0.6 is 0 Å². The summed E-state index contributed by atoms with van der Waals surface area (Å²) < 4.78 is 0. The fourth-order valence-corrected chi connectivity index (χ4v) is 2.08. The molecular formula is C14H17N3O4. The number of nitrogens with two attached hydrogens (primary N) is 1. The van der Waals surface area contributed by atoms with Crippen molar-refractivity contribution in [1.82, 2.24) is 5.32 Å². The van der Waals surface area contributed by atoms with Crippen LogP contribution in [0.25, 0.3) is 0 Å². The molecule has 1 aromatic rings. The van der Waals surface area contributed by atoms with Crippen molar-refractivity contribution in [3.05, 3.63) is 29.8 Å². The van der Waals surface area contributed by atoms with Crippen molar-refractivity contribution in [2.45, 2.75) is 18.3 Å². The highest BCUT2D eigenvalue weighted by Gasteiger charge is 2.51. The average Bonchev–Trinajstić information content (AvgIpc) is 3.27. The van der Waals surface area contributed by atoms with Crippen LogP contribution in [0.2, 0.25) is 0 Å². The van der Waals surface area contributed by atoms with Gasteiger partial charge in [-0.3, -0.25) is 14.4 Å². The summed E-state index contributed by atoms with van der Waals surface area (Å²) in [4.78, 5) is 33.7. The van der Waals surface area contributed by atoms with E-state index in [0.717, 1.165) is 5.56 Å². The molecule has 0 aliphatic heterocycles. The molecule has 1 aliphatic rings. The monoisotopic (exact) mass is 291 g/mol. The number of carbonyl (C=O) groups excluding carboxylic acids is 2. The van der Waals surface area contributed by atoms with Crippen LogP contribution in [0.3, 0.4) is 0 Å². The van der Waals surface area contributed by atoms with E-state index in [1.165, 1.54) is 0 Å². The lowest BCUT2D eigenvalue weighted by Crippen LogP contribution is -2.36. The summed E-state index contributed by atoms with van der Waals surface area (Å²) in [6.45, 7) is -0.323. The van der Waals surface area contributed by atoms with Gasteiger partial charge in [0.15, 0.2) is 0 Å².